The first kappa shape index (κ1) is 21.7. The molecule has 0 saturated carbocycles. The van der Waals surface area contributed by atoms with E-state index in [1.165, 1.54) is 38.6 Å². The van der Waals surface area contributed by atoms with Crippen LogP contribution < -0.4 is 0 Å². The maximum Gasteiger partial charge on any atom is 0.0327 e. The first-order valence-corrected chi connectivity index (χ1v) is 12.2. The van der Waals surface area contributed by atoms with Gasteiger partial charge in [-0.2, -0.15) is 0 Å². The van der Waals surface area contributed by atoms with Gasteiger partial charge >= 0.3 is 0 Å². The molecule has 0 heteroatoms. The van der Waals surface area contributed by atoms with Crippen LogP contribution in [0.25, 0.3) is 44.2 Å². The Hall–Kier alpha value is -4.86. The van der Waals surface area contributed by atoms with Crippen molar-refractivity contribution in [2.24, 2.45) is 0 Å². The molecule has 36 heavy (non-hydrogen) atoms. The lowest BCUT2D eigenvalue weighted by molar-refractivity contribution is 1.56. The molecule has 0 nitrogen and oxygen atoms in total. The molecule has 0 fully saturated rings. The van der Waals surface area contributed by atoms with Crippen molar-refractivity contribution in [3.05, 3.63) is 157 Å². The fourth-order valence-electron chi connectivity index (χ4n) is 4.57. The van der Waals surface area contributed by atoms with Gasteiger partial charge < -0.3 is 0 Å². The summed E-state index contributed by atoms with van der Waals surface area (Å²) in [6.45, 7) is 0. The summed E-state index contributed by atoms with van der Waals surface area (Å²) < 4.78 is 0. The second-order valence-corrected chi connectivity index (χ2v) is 8.88. The van der Waals surface area contributed by atoms with Crippen molar-refractivity contribution in [3.63, 3.8) is 0 Å². The van der Waals surface area contributed by atoms with Gasteiger partial charge in [0.15, 0.2) is 0 Å². The topological polar surface area (TPSA) is 0 Å². The fourth-order valence-corrected chi connectivity index (χ4v) is 4.57. The minimum atomic E-state index is 1.01. The summed E-state index contributed by atoms with van der Waals surface area (Å²) in [5.74, 6) is 6.77. The van der Waals surface area contributed by atoms with Crippen LogP contribution in [0, 0.1) is 11.8 Å². The Kier molecular flexibility index (Phi) is 5.89. The highest BCUT2D eigenvalue weighted by Crippen LogP contribution is 2.28. The lowest BCUT2D eigenvalue weighted by Gasteiger charge is -2.07. The van der Waals surface area contributed by atoms with E-state index in [1.54, 1.807) is 0 Å². The molecular formula is C36H24. The summed E-state index contributed by atoms with van der Waals surface area (Å²) in [6.07, 6.45) is 0. The average Bonchev–Trinajstić information content (AvgIpc) is 2.97. The lowest BCUT2D eigenvalue weighted by atomic mass is 9.97. The Balaban J connectivity index is 1.25. The molecule has 0 aliphatic heterocycles. The number of rotatable bonds is 3. The molecule has 0 spiro atoms. The van der Waals surface area contributed by atoms with Crippen LogP contribution in [0.2, 0.25) is 0 Å². The van der Waals surface area contributed by atoms with Gasteiger partial charge in [0, 0.05) is 11.1 Å². The first-order chi connectivity index (χ1) is 17.8. The summed E-state index contributed by atoms with van der Waals surface area (Å²) >= 11 is 0. The van der Waals surface area contributed by atoms with Gasteiger partial charge in [-0.05, 0) is 68.4 Å². The fraction of sp³-hybridized carbons (Fsp3) is 0. The minimum absolute atomic E-state index is 1.01. The van der Waals surface area contributed by atoms with E-state index in [2.05, 4.69) is 151 Å². The molecule has 0 radical (unpaired) electrons. The van der Waals surface area contributed by atoms with Crippen LogP contribution in [0.5, 0.6) is 0 Å². The molecule has 0 unspecified atom stereocenters. The Morgan fingerprint density at radius 1 is 0.333 bits per heavy atom. The molecule has 0 bridgehead atoms. The molecule has 0 saturated heterocycles. The summed E-state index contributed by atoms with van der Waals surface area (Å²) in [4.78, 5) is 0. The third-order valence-corrected chi connectivity index (χ3v) is 6.54. The molecule has 6 rings (SSSR count). The van der Waals surface area contributed by atoms with E-state index >= 15 is 0 Å². The third-order valence-electron chi connectivity index (χ3n) is 6.54. The second-order valence-electron chi connectivity index (χ2n) is 8.88. The highest BCUT2D eigenvalue weighted by Gasteiger charge is 2.04. The zero-order chi connectivity index (χ0) is 24.2. The largest absolute Gasteiger partial charge is 0.0622 e. The molecule has 6 aromatic rings. The van der Waals surface area contributed by atoms with Crippen LogP contribution in [-0.2, 0) is 0 Å². The third kappa shape index (κ3) is 4.56. The van der Waals surface area contributed by atoms with Crippen molar-refractivity contribution in [1.82, 2.24) is 0 Å². The Morgan fingerprint density at radius 3 is 1.69 bits per heavy atom. The highest BCUT2D eigenvalue weighted by molar-refractivity contribution is 5.87. The van der Waals surface area contributed by atoms with Crippen LogP contribution in [-0.4, -0.2) is 0 Å². The van der Waals surface area contributed by atoms with E-state index in [0.29, 0.717) is 0 Å². The predicted molar refractivity (Wildman–Crippen MR) is 153 cm³/mol. The van der Waals surface area contributed by atoms with Gasteiger partial charge in [0.2, 0.25) is 0 Å². The van der Waals surface area contributed by atoms with Crippen molar-refractivity contribution < 1.29 is 0 Å². The SMILES string of the molecule is C(#Cc1ccccc1-c1ccc(-c2ccccc2)cc1)c1ccc(-c2ccc3ccccc3c2)cc1. The minimum Gasteiger partial charge on any atom is -0.0622 e. The van der Waals surface area contributed by atoms with Crippen molar-refractivity contribution in [1.29, 1.82) is 0 Å². The van der Waals surface area contributed by atoms with E-state index in [9.17, 15) is 0 Å². The molecule has 0 atom stereocenters. The molecule has 0 N–H and O–H groups in total. The van der Waals surface area contributed by atoms with Crippen LogP contribution in [0.4, 0.5) is 0 Å². The molecular weight excluding hydrogens is 432 g/mol. The van der Waals surface area contributed by atoms with E-state index in [4.69, 9.17) is 0 Å². The summed E-state index contributed by atoms with van der Waals surface area (Å²) in [5, 5.41) is 2.52. The number of fused-ring (bicyclic) bond motifs is 1. The van der Waals surface area contributed by atoms with Gasteiger partial charge in [0.25, 0.3) is 0 Å². The quantitative estimate of drug-likeness (QED) is 0.233. The van der Waals surface area contributed by atoms with Gasteiger partial charge in [-0.3, -0.25) is 0 Å². The van der Waals surface area contributed by atoms with E-state index in [1.807, 2.05) is 6.07 Å². The molecule has 0 aliphatic carbocycles. The Bertz CT molecular complexity index is 1690. The number of benzene rings is 6. The van der Waals surface area contributed by atoms with Crippen molar-refractivity contribution in [3.8, 4) is 45.2 Å². The highest BCUT2D eigenvalue weighted by atomic mass is 14.1. The summed E-state index contributed by atoms with van der Waals surface area (Å²) in [6, 6.07) is 51.1. The maximum atomic E-state index is 3.41. The zero-order valence-electron chi connectivity index (χ0n) is 19.9. The second kappa shape index (κ2) is 9.79. The van der Waals surface area contributed by atoms with Gasteiger partial charge in [0.1, 0.15) is 0 Å². The number of hydrogen-bond acceptors (Lipinski definition) is 0. The van der Waals surface area contributed by atoms with Crippen molar-refractivity contribution in [2.45, 2.75) is 0 Å². The number of hydrogen-bond donors (Lipinski definition) is 0. The molecule has 0 heterocycles. The summed E-state index contributed by atoms with van der Waals surface area (Å²) in [7, 11) is 0. The Labute approximate surface area is 212 Å². The zero-order valence-corrected chi connectivity index (χ0v) is 19.9. The Morgan fingerprint density at radius 2 is 0.889 bits per heavy atom. The molecule has 168 valence electrons. The van der Waals surface area contributed by atoms with E-state index in [0.717, 1.165) is 16.7 Å². The standard InChI is InChI=1S/C36H24/c1-2-8-28(9-3-1)30-20-23-33(24-21-30)36-13-7-6-11-32(36)19-16-27-14-17-31(18-15-27)35-25-22-29-10-4-5-12-34(29)26-35/h1-15,17-18,20-26H. The van der Waals surface area contributed by atoms with Gasteiger partial charge in [0.05, 0.1) is 0 Å². The van der Waals surface area contributed by atoms with E-state index in [-0.39, 0.29) is 0 Å². The van der Waals surface area contributed by atoms with Crippen molar-refractivity contribution in [2.75, 3.05) is 0 Å². The van der Waals surface area contributed by atoms with Crippen LogP contribution in [0.1, 0.15) is 11.1 Å². The first-order valence-electron chi connectivity index (χ1n) is 12.2. The predicted octanol–water partition coefficient (Wildman–Crippen LogP) is 9.24. The molecule has 0 aromatic heterocycles. The van der Waals surface area contributed by atoms with Crippen LogP contribution in [0.15, 0.2) is 146 Å². The normalized spacial score (nSPS) is 10.6. The molecule has 0 amide bonds. The lowest BCUT2D eigenvalue weighted by Crippen LogP contribution is -1.85. The van der Waals surface area contributed by atoms with Gasteiger partial charge in [-0.25, -0.2) is 0 Å². The smallest absolute Gasteiger partial charge is 0.0327 e. The van der Waals surface area contributed by atoms with E-state index < -0.39 is 0 Å². The van der Waals surface area contributed by atoms with Crippen LogP contribution >= 0.6 is 0 Å². The van der Waals surface area contributed by atoms with Gasteiger partial charge in [-0.1, -0.05) is 133 Å². The average molecular weight is 457 g/mol. The van der Waals surface area contributed by atoms with Crippen LogP contribution in [0.3, 0.4) is 0 Å². The molecule has 6 aromatic carbocycles. The maximum absolute atomic E-state index is 3.41. The summed E-state index contributed by atoms with van der Waals surface area (Å²) in [5.41, 5.74) is 9.22. The van der Waals surface area contributed by atoms with Crippen molar-refractivity contribution >= 4 is 10.8 Å². The van der Waals surface area contributed by atoms with Gasteiger partial charge in [-0.15, -0.1) is 0 Å². The monoisotopic (exact) mass is 456 g/mol. The molecule has 0 aliphatic rings.